The average molecular weight is 448 g/mol. The third kappa shape index (κ3) is 18.8. The third-order valence-electron chi connectivity index (χ3n) is 6.96. The van der Waals surface area contributed by atoms with Crippen molar-refractivity contribution in [2.75, 3.05) is 0 Å². The molecule has 0 aliphatic carbocycles. The summed E-state index contributed by atoms with van der Waals surface area (Å²) in [5.41, 5.74) is 0. The van der Waals surface area contributed by atoms with E-state index in [1.54, 1.807) is 0 Å². The molecule has 1 aromatic rings. The third-order valence-corrected chi connectivity index (χ3v) is 6.96. The van der Waals surface area contributed by atoms with Gasteiger partial charge in [0.15, 0.2) is 0 Å². The smallest absolute Gasteiger partial charge is 0.237 e. The van der Waals surface area contributed by atoms with E-state index in [1.165, 1.54) is 148 Å². The van der Waals surface area contributed by atoms with Gasteiger partial charge in [-0.25, -0.2) is 9.13 Å². The Bertz CT molecular complexity index is 491. The van der Waals surface area contributed by atoms with E-state index in [9.17, 15) is 0 Å². The Balaban J connectivity index is 1.80. The molecule has 0 radical (unpaired) electrons. The van der Waals surface area contributed by atoms with Crippen LogP contribution in [0.2, 0.25) is 0 Å². The van der Waals surface area contributed by atoms with Crippen molar-refractivity contribution in [3.8, 4) is 0 Å². The van der Waals surface area contributed by atoms with Crippen LogP contribution in [0.1, 0.15) is 156 Å². The van der Waals surface area contributed by atoms with Gasteiger partial charge in [0, 0.05) is 0 Å². The van der Waals surface area contributed by atoms with Crippen molar-refractivity contribution in [2.24, 2.45) is 5.92 Å². The lowest BCUT2D eigenvalue weighted by atomic mass is 10.0. The molecule has 0 bridgehead atoms. The Kier molecular flexibility index (Phi) is 20.1. The molecule has 0 saturated heterocycles. The molecule has 2 heteroatoms. The molecular weight excluding hydrogens is 388 g/mol. The molecule has 32 heavy (non-hydrogen) atoms. The van der Waals surface area contributed by atoms with E-state index in [4.69, 9.17) is 0 Å². The zero-order valence-corrected chi connectivity index (χ0v) is 22.5. The fourth-order valence-corrected chi connectivity index (χ4v) is 4.75. The number of aryl methyl sites for hydroxylation is 2. The first-order valence-electron chi connectivity index (χ1n) is 14.8. The molecule has 0 N–H and O–H groups in total. The van der Waals surface area contributed by atoms with E-state index < -0.39 is 0 Å². The minimum Gasteiger partial charge on any atom is -0.237 e. The van der Waals surface area contributed by atoms with Crippen LogP contribution in [0.15, 0.2) is 18.7 Å². The molecule has 0 aliphatic rings. The zero-order chi connectivity index (χ0) is 23.1. The highest BCUT2D eigenvalue weighted by Crippen LogP contribution is 2.14. The fourth-order valence-electron chi connectivity index (χ4n) is 4.75. The van der Waals surface area contributed by atoms with Gasteiger partial charge in [0.05, 0.1) is 13.1 Å². The summed E-state index contributed by atoms with van der Waals surface area (Å²) in [5, 5.41) is 0. The highest BCUT2D eigenvalue weighted by molar-refractivity contribution is 4.66. The van der Waals surface area contributed by atoms with Gasteiger partial charge in [-0.3, -0.25) is 0 Å². The van der Waals surface area contributed by atoms with Crippen molar-refractivity contribution >= 4 is 0 Å². The van der Waals surface area contributed by atoms with Gasteiger partial charge < -0.3 is 0 Å². The Morgan fingerprint density at radius 1 is 0.594 bits per heavy atom. The number of imidazole rings is 1. The van der Waals surface area contributed by atoms with Crippen molar-refractivity contribution in [3.63, 3.8) is 0 Å². The van der Waals surface area contributed by atoms with Gasteiger partial charge in [-0.2, -0.15) is 0 Å². The minimum atomic E-state index is 0.855. The molecule has 2 nitrogen and oxygen atoms in total. The number of hydrogen-bond acceptors (Lipinski definition) is 0. The van der Waals surface area contributed by atoms with Crippen LogP contribution in [0, 0.1) is 5.92 Å². The summed E-state index contributed by atoms with van der Waals surface area (Å²) < 4.78 is 4.77. The first-order chi connectivity index (χ1) is 15.7. The van der Waals surface area contributed by atoms with Gasteiger partial charge >= 0.3 is 0 Å². The highest BCUT2D eigenvalue weighted by atomic mass is 15.1. The van der Waals surface area contributed by atoms with E-state index in [0.717, 1.165) is 5.92 Å². The van der Waals surface area contributed by atoms with Crippen molar-refractivity contribution in [1.29, 1.82) is 0 Å². The second kappa shape index (κ2) is 22.0. The topological polar surface area (TPSA) is 8.81 Å². The molecule has 0 fully saturated rings. The second-order valence-corrected chi connectivity index (χ2v) is 10.8. The molecule has 0 aliphatic heterocycles. The van der Waals surface area contributed by atoms with Crippen LogP contribution in [0.4, 0.5) is 0 Å². The predicted octanol–water partition coefficient (Wildman–Crippen LogP) is 9.64. The molecule has 0 amide bonds. The van der Waals surface area contributed by atoms with Crippen molar-refractivity contribution < 1.29 is 4.57 Å². The summed E-state index contributed by atoms with van der Waals surface area (Å²) in [7, 11) is 0. The summed E-state index contributed by atoms with van der Waals surface area (Å²) in [4.78, 5) is 0. The van der Waals surface area contributed by atoms with E-state index in [0.29, 0.717) is 0 Å². The van der Waals surface area contributed by atoms with Gasteiger partial charge in [0.1, 0.15) is 12.4 Å². The molecule has 0 atom stereocenters. The van der Waals surface area contributed by atoms with Crippen molar-refractivity contribution in [1.82, 2.24) is 4.57 Å². The monoisotopic (exact) mass is 447 g/mol. The molecule has 1 aromatic heterocycles. The number of hydrogen-bond donors (Lipinski definition) is 0. The van der Waals surface area contributed by atoms with Crippen LogP contribution >= 0.6 is 0 Å². The summed E-state index contributed by atoms with van der Waals surface area (Å²) in [5.74, 6) is 0.855. The van der Waals surface area contributed by atoms with Gasteiger partial charge in [-0.15, -0.1) is 0 Å². The summed E-state index contributed by atoms with van der Waals surface area (Å²) in [6.45, 7) is 9.34. The van der Waals surface area contributed by atoms with Gasteiger partial charge in [-0.1, -0.05) is 130 Å². The molecule has 0 saturated carbocycles. The first-order valence-corrected chi connectivity index (χ1v) is 14.8. The highest BCUT2D eigenvalue weighted by Gasteiger charge is 2.04. The summed E-state index contributed by atoms with van der Waals surface area (Å²) in [6.07, 6.45) is 36.9. The van der Waals surface area contributed by atoms with E-state index >= 15 is 0 Å². The standard InChI is InChI=1S/C30H59N2/c1-4-5-6-7-8-9-10-11-12-13-14-15-16-17-18-19-22-25-31-27-28-32(29-31)26-23-20-21-24-30(2)3/h27-30H,4-26H2,1-3H3/q+1. The van der Waals surface area contributed by atoms with Crippen molar-refractivity contribution in [2.45, 2.75) is 169 Å². The van der Waals surface area contributed by atoms with Crippen molar-refractivity contribution in [3.05, 3.63) is 18.7 Å². The summed E-state index contributed by atoms with van der Waals surface area (Å²) in [6, 6.07) is 0. The Hall–Kier alpha value is -0.790. The lowest BCUT2D eigenvalue weighted by molar-refractivity contribution is -0.696. The molecule has 0 spiro atoms. The van der Waals surface area contributed by atoms with Crippen LogP contribution in [-0.2, 0) is 13.1 Å². The van der Waals surface area contributed by atoms with Crippen LogP contribution in [0.3, 0.4) is 0 Å². The lowest BCUT2D eigenvalue weighted by Gasteiger charge is -2.03. The van der Waals surface area contributed by atoms with E-state index in [2.05, 4.69) is 48.6 Å². The van der Waals surface area contributed by atoms with Gasteiger partial charge in [-0.05, 0) is 31.6 Å². The maximum atomic E-state index is 2.39. The molecule has 1 heterocycles. The van der Waals surface area contributed by atoms with E-state index in [-0.39, 0.29) is 0 Å². The van der Waals surface area contributed by atoms with Gasteiger partial charge in [0.2, 0.25) is 6.33 Å². The van der Waals surface area contributed by atoms with Crippen LogP contribution in [-0.4, -0.2) is 4.57 Å². The fraction of sp³-hybridized carbons (Fsp3) is 0.900. The molecule has 1 rings (SSSR count). The van der Waals surface area contributed by atoms with Crippen LogP contribution in [0.25, 0.3) is 0 Å². The Labute approximate surface area is 202 Å². The maximum absolute atomic E-state index is 2.39. The number of nitrogens with zero attached hydrogens (tertiary/aromatic N) is 2. The summed E-state index contributed by atoms with van der Waals surface area (Å²) >= 11 is 0. The number of aromatic nitrogens is 2. The first kappa shape index (κ1) is 29.2. The van der Waals surface area contributed by atoms with Crippen LogP contribution in [0.5, 0.6) is 0 Å². The SMILES string of the molecule is CCCCCCCCCCCCCCCCCCCn1cc[n+](CCCCCC(C)C)c1. The largest absolute Gasteiger partial charge is 0.243 e. The molecule has 0 unspecified atom stereocenters. The minimum absolute atomic E-state index is 0.855. The number of unbranched alkanes of at least 4 members (excludes halogenated alkanes) is 18. The Morgan fingerprint density at radius 2 is 1.06 bits per heavy atom. The molecular formula is C30H59N2+. The predicted molar refractivity (Wildman–Crippen MR) is 142 cm³/mol. The second-order valence-electron chi connectivity index (χ2n) is 10.8. The molecule has 188 valence electrons. The van der Waals surface area contributed by atoms with Gasteiger partial charge in [0.25, 0.3) is 0 Å². The maximum Gasteiger partial charge on any atom is 0.243 e. The molecule has 0 aromatic carbocycles. The number of rotatable bonds is 24. The van der Waals surface area contributed by atoms with E-state index in [1.807, 2.05) is 0 Å². The van der Waals surface area contributed by atoms with Crippen LogP contribution < -0.4 is 4.57 Å². The normalized spacial score (nSPS) is 11.6. The lowest BCUT2D eigenvalue weighted by Crippen LogP contribution is -2.30. The quantitative estimate of drug-likeness (QED) is 0.110. The zero-order valence-electron chi connectivity index (χ0n) is 22.5. The Morgan fingerprint density at radius 3 is 1.56 bits per heavy atom. The average Bonchev–Trinajstić information content (AvgIpc) is 3.23.